The number of rotatable bonds is 5. The summed E-state index contributed by atoms with van der Waals surface area (Å²) >= 11 is 7.69. The molecule has 2 aromatic rings. The third-order valence-electron chi connectivity index (χ3n) is 2.45. The van der Waals surface area contributed by atoms with E-state index in [4.69, 9.17) is 5.11 Å². The molecule has 21 heavy (non-hydrogen) atoms. The van der Waals surface area contributed by atoms with Gasteiger partial charge in [-0.25, -0.2) is 8.42 Å². The van der Waals surface area contributed by atoms with E-state index in [-0.39, 0.29) is 11.3 Å². The van der Waals surface area contributed by atoms with E-state index in [2.05, 4.69) is 36.6 Å². The zero-order valence-corrected chi connectivity index (χ0v) is 15.1. The van der Waals surface area contributed by atoms with Gasteiger partial charge in [-0.2, -0.15) is 0 Å². The van der Waals surface area contributed by atoms with Gasteiger partial charge < -0.3 is 5.11 Å². The van der Waals surface area contributed by atoms with Crippen molar-refractivity contribution >= 4 is 64.9 Å². The first-order chi connectivity index (χ1) is 9.78. The monoisotopic (exact) mass is 453 g/mol. The third kappa shape index (κ3) is 4.29. The van der Waals surface area contributed by atoms with Gasteiger partial charge in [0.25, 0.3) is 10.0 Å². The maximum Gasteiger partial charge on any atom is 0.307 e. The first-order valence-electron chi connectivity index (χ1n) is 5.56. The fourth-order valence-corrected chi connectivity index (χ4v) is 6.50. The zero-order chi connectivity index (χ0) is 15.6. The van der Waals surface area contributed by atoms with Gasteiger partial charge in [-0.1, -0.05) is 12.1 Å². The molecule has 0 unspecified atom stereocenters. The van der Waals surface area contributed by atoms with E-state index >= 15 is 0 Å². The second kappa shape index (κ2) is 6.47. The Hall–Kier alpha value is -0.900. The molecule has 0 saturated heterocycles. The number of nitrogens with one attached hydrogen (secondary N) is 1. The van der Waals surface area contributed by atoms with Crippen molar-refractivity contribution in [1.82, 2.24) is 0 Å². The lowest BCUT2D eigenvalue weighted by atomic mass is 10.1. The molecule has 0 saturated carbocycles. The Balaban J connectivity index is 2.28. The summed E-state index contributed by atoms with van der Waals surface area (Å²) in [5.74, 6) is -0.973. The summed E-state index contributed by atoms with van der Waals surface area (Å²) in [6, 6.07) is 7.80. The van der Waals surface area contributed by atoms with Crippen LogP contribution in [0.1, 0.15) is 5.56 Å². The van der Waals surface area contributed by atoms with Crippen LogP contribution in [0.2, 0.25) is 0 Å². The Morgan fingerprint density at radius 3 is 2.57 bits per heavy atom. The molecule has 0 bridgehead atoms. The van der Waals surface area contributed by atoms with Gasteiger partial charge in [0.2, 0.25) is 0 Å². The van der Waals surface area contributed by atoms with E-state index in [1.807, 2.05) is 0 Å². The predicted octanol–water partition coefficient (Wildman–Crippen LogP) is 3.70. The standard InChI is InChI=1S/C12H9Br2NO4S2/c13-10-6-9(12(14)20-10)21(18,19)15-8-3-1-2-7(4-8)5-11(16)17/h1-4,6,15H,5H2,(H,16,17). The average molecular weight is 455 g/mol. The number of anilines is 1. The average Bonchev–Trinajstić information content (AvgIpc) is 2.68. The van der Waals surface area contributed by atoms with Crippen LogP contribution in [-0.2, 0) is 21.2 Å². The lowest BCUT2D eigenvalue weighted by Crippen LogP contribution is -2.13. The summed E-state index contributed by atoms with van der Waals surface area (Å²) in [7, 11) is -3.73. The van der Waals surface area contributed by atoms with Crippen LogP contribution in [0.4, 0.5) is 5.69 Å². The number of carboxylic acid groups (broad SMARTS) is 1. The molecular weight excluding hydrogens is 446 g/mol. The summed E-state index contributed by atoms with van der Waals surface area (Å²) in [5.41, 5.74) is 0.844. The molecule has 1 aromatic carbocycles. The molecule has 0 spiro atoms. The highest BCUT2D eigenvalue weighted by atomic mass is 79.9. The van der Waals surface area contributed by atoms with Gasteiger partial charge in [0.05, 0.1) is 14.0 Å². The van der Waals surface area contributed by atoms with Gasteiger partial charge in [-0.3, -0.25) is 9.52 Å². The number of carboxylic acids is 1. The number of hydrogen-bond donors (Lipinski definition) is 2. The largest absolute Gasteiger partial charge is 0.481 e. The highest BCUT2D eigenvalue weighted by Crippen LogP contribution is 2.35. The van der Waals surface area contributed by atoms with E-state index < -0.39 is 16.0 Å². The van der Waals surface area contributed by atoms with E-state index in [9.17, 15) is 13.2 Å². The van der Waals surface area contributed by atoms with Crippen LogP contribution in [0.25, 0.3) is 0 Å². The van der Waals surface area contributed by atoms with Crippen molar-refractivity contribution < 1.29 is 18.3 Å². The van der Waals surface area contributed by atoms with Crippen LogP contribution in [0, 0.1) is 0 Å². The van der Waals surface area contributed by atoms with E-state index in [0.29, 0.717) is 18.8 Å². The van der Waals surface area contributed by atoms with Crippen molar-refractivity contribution in [3.63, 3.8) is 0 Å². The summed E-state index contributed by atoms with van der Waals surface area (Å²) in [5, 5.41) is 8.76. The molecule has 1 aromatic heterocycles. The van der Waals surface area contributed by atoms with Crippen LogP contribution >= 0.6 is 43.2 Å². The van der Waals surface area contributed by atoms with E-state index in [0.717, 1.165) is 0 Å². The quantitative estimate of drug-likeness (QED) is 0.721. The SMILES string of the molecule is O=C(O)Cc1cccc(NS(=O)(=O)c2cc(Br)sc2Br)c1. The Morgan fingerprint density at radius 2 is 2.00 bits per heavy atom. The highest BCUT2D eigenvalue weighted by molar-refractivity contribution is 9.12. The number of carbonyl (C=O) groups is 1. The molecule has 112 valence electrons. The number of thiophene rings is 1. The fourth-order valence-electron chi connectivity index (χ4n) is 1.64. The van der Waals surface area contributed by atoms with Crippen molar-refractivity contribution in [3.8, 4) is 0 Å². The zero-order valence-electron chi connectivity index (χ0n) is 10.3. The molecule has 1 heterocycles. The Labute approximate surface area is 142 Å². The van der Waals surface area contributed by atoms with Crippen LogP contribution in [0.15, 0.2) is 42.8 Å². The smallest absolute Gasteiger partial charge is 0.307 e. The van der Waals surface area contributed by atoms with Crippen molar-refractivity contribution in [2.75, 3.05) is 4.72 Å². The maximum absolute atomic E-state index is 12.3. The topological polar surface area (TPSA) is 83.5 Å². The second-order valence-electron chi connectivity index (χ2n) is 4.06. The van der Waals surface area contributed by atoms with E-state index in [1.165, 1.54) is 23.5 Å². The lowest BCUT2D eigenvalue weighted by molar-refractivity contribution is -0.136. The van der Waals surface area contributed by atoms with Crippen LogP contribution in [0.5, 0.6) is 0 Å². The van der Waals surface area contributed by atoms with Crippen molar-refractivity contribution in [1.29, 1.82) is 0 Å². The fraction of sp³-hybridized carbons (Fsp3) is 0.0833. The van der Waals surface area contributed by atoms with Crippen molar-refractivity contribution in [2.45, 2.75) is 11.3 Å². The molecule has 0 amide bonds. The minimum atomic E-state index is -3.73. The van der Waals surface area contributed by atoms with Crippen molar-refractivity contribution in [3.05, 3.63) is 43.5 Å². The molecule has 0 aliphatic heterocycles. The second-order valence-corrected chi connectivity index (χ2v) is 9.47. The normalized spacial score (nSPS) is 11.3. The number of halogens is 2. The molecule has 9 heteroatoms. The van der Waals surface area contributed by atoms with Crippen LogP contribution < -0.4 is 4.72 Å². The van der Waals surface area contributed by atoms with Gasteiger partial charge in [0.15, 0.2) is 0 Å². The first kappa shape index (κ1) is 16.5. The number of aliphatic carboxylic acids is 1. The Kier molecular flexibility index (Phi) is 5.07. The summed E-state index contributed by atoms with van der Waals surface area (Å²) < 4.78 is 28.2. The van der Waals surface area contributed by atoms with Crippen LogP contribution in [-0.4, -0.2) is 19.5 Å². The molecule has 0 radical (unpaired) electrons. The van der Waals surface area contributed by atoms with Gasteiger partial charge in [-0.15, -0.1) is 11.3 Å². The summed E-state index contributed by atoms with van der Waals surface area (Å²) in [6.07, 6.45) is -0.163. The Morgan fingerprint density at radius 1 is 1.29 bits per heavy atom. The van der Waals surface area contributed by atoms with Gasteiger partial charge >= 0.3 is 5.97 Å². The molecular formula is C12H9Br2NO4S2. The maximum atomic E-state index is 12.3. The van der Waals surface area contributed by atoms with E-state index in [1.54, 1.807) is 18.2 Å². The van der Waals surface area contributed by atoms with Crippen LogP contribution in [0.3, 0.4) is 0 Å². The minimum absolute atomic E-state index is 0.128. The molecule has 0 aliphatic rings. The molecule has 2 N–H and O–H groups in total. The van der Waals surface area contributed by atoms with Gasteiger partial charge in [0.1, 0.15) is 4.90 Å². The predicted molar refractivity (Wildman–Crippen MR) is 88.3 cm³/mol. The molecule has 0 atom stereocenters. The summed E-state index contributed by atoms with van der Waals surface area (Å²) in [4.78, 5) is 10.8. The van der Waals surface area contributed by atoms with Gasteiger partial charge in [-0.05, 0) is 55.6 Å². The molecule has 2 rings (SSSR count). The third-order valence-corrected chi connectivity index (χ3v) is 6.59. The molecule has 0 fully saturated rings. The molecule has 0 aliphatic carbocycles. The number of hydrogen-bond acceptors (Lipinski definition) is 4. The summed E-state index contributed by atoms with van der Waals surface area (Å²) in [6.45, 7) is 0. The minimum Gasteiger partial charge on any atom is -0.481 e. The number of benzene rings is 1. The first-order valence-corrected chi connectivity index (χ1v) is 9.45. The highest BCUT2D eigenvalue weighted by Gasteiger charge is 2.20. The van der Waals surface area contributed by atoms with Gasteiger partial charge in [0, 0.05) is 5.69 Å². The number of sulfonamides is 1. The Bertz CT molecular complexity index is 786. The lowest BCUT2D eigenvalue weighted by Gasteiger charge is -2.08. The molecule has 5 nitrogen and oxygen atoms in total. The van der Waals surface area contributed by atoms with Crippen molar-refractivity contribution in [2.24, 2.45) is 0 Å².